The summed E-state index contributed by atoms with van der Waals surface area (Å²) in [5, 5.41) is 16.2. The molecule has 0 amide bonds. The molecule has 24 heavy (non-hydrogen) atoms. The lowest BCUT2D eigenvalue weighted by atomic mass is 9.89. The van der Waals surface area contributed by atoms with Crippen LogP contribution in [-0.2, 0) is 0 Å². The van der Waals surface area contributed by atoms with Crippen LogP contribution in [0.1, 0.15) is 22.1 Å². The molecule has 6 heteroatoms. The zero-order valence-electron chi connectivity index (χ0n) is 12.9. The molecule has 4 rings (SSSR count). The molecule has 1 aliphatic heterocycles. The molecule has 2 aromatic heterocycles. The number of para-hydroxylation sites is 1. The molecule has 5 nitrogen and oxygen atoms in total. The summed E-state index contributed by atoms with van der Waals surface area (Å²) < 4.78 is 7.55. The average molecular weight is 334 g/mol. The topological polar surface area (TPSA) is 76.9 Å². The van der Waals surface area contributed by atoms with E-state index in [9.17, 15) is 5.26 Å². The number of aromatic nitrogens is 2. The number of nitrogens with two attached hydrogens (primary N) is 1. The number of nitriles is 1. The minimum atomic E-state index is -0.240. The SMILES string of the molecule is Cc1nn(-c2ccccc2)c2c1[C@H](c1cccs1)C(C#N)=C(N)O2. The quantitative estimate of drug-likeness (QED) is 0.778. The van der Waals surface area contributed by atoms with Crippen LogP contribution < -0.4 is 10.5 Å². The van der Waals surface area contributed by atoms with Crippen LogP contribution in [0.2, 0.25) is 0 Å². The van der Waals surface area contributed by atoms with Gasteiger partial charge in [-0.25, -0.2) is 4.68 Å². The third kappa shape index (κ3) is 2.10. The monoisotopic (exact) mass is 334 g/mol. The maximum Gasteiger partial charge on any atom is 0.229 e. The van der Waals surface area contributed by atoms with Crippen LogP contribution in [0.4, 0.5) is 0 Å². The predicted molar refractivity (Wildman–Crippen MR) is 91.9 cm³/mol. The number of aryl methyl sites for hydroxylation is 1. The summed E-state index contributed by atoms with van der Waals surface area (Å²) in [5.74, 6) is 0.477. The first kappa shape index (κ1) is 14.5. The van der Waals surface area contributed by atoms with Gasteiger partial charge in [0, 0.05) is 4.88 Å². The Morgan fingerprint density at radius 3 is 2.71 bits per heavy atom. The molecule has 0 radical (unpaired) electrons. The molecule has 1 aliphatic rings. The summed E-state index contributed by atoms with van der Waals surface area (Å²) in [6.45, 7) is 1.93. The highest BCUT2D eigenvalue weighted by atomic mass is 32.1. The second-order valence-corrected chi connectivity index (χ2v) is 6.47. The van der Waals surface area contributed by atoms with Gasteiger partial charge in [-0.05, 0) is 30.5 Å². The first-order valence-electron chi connectivity index (χ1n) is 7.46. The van der Waals surface area contributed by atoms with Crippen LogP contribution in [0, 0.1) is 18.3 Å². The van der Waals surface area contributed by atoms with Crippen molar-refractivity contribution in [3.63, 3.8) is 0 Å². The minimum absolute atomic E-state index is 0.139. The molecule has 1 aromatic carbocycles. The fraction of sp³-hybridized carbons (Fsp3) is 0.111. The Morgan fingerprint density at radius 2 is 2.04 bits per heavy atom. The predicted octanol–water partition coefficient (Wildman–Crippen LogP) is 3.46. The molecule has 3 aromatic rings. The van der Waals surface area contributed by atoms with E-state index in [0.717, 1.165) is 21.8 Å². The fourth-order valence-electron chi connectivity index (χ4n) is 3.00. The van der Waals surface area contributed by atoms with Gasteiger partial charge in [0.25, 0.3) is 0 Å². The van der Waals surface area contributed by atoms with Crippen LogP contribution in [0.15, 0.2) is 59.3 Å². The van der Waals surface area contributed by atoms with Crippen LogP contribution >= 0.6 is 11.3 Å². The first-order valence-corrected chi connectivity index (χ1v) is 8.34. The van der Waals surface area contributed by atoms with Gasteiger partial charge in [0.05, 0.1) is 22.9 Å². The van der Waals surface area contributed by atoms with Crippen molar-refractivity contribution in [3.8, 4) is 17.6 Å². The lowest BCUT2D eigenvalue weighted by molar-refractivity contribution is 0.367. The standard InChI is InChI=1S/C18H14N4OS/c1-11-15-16(14-8-5-9-24-14)13(10-19)17(20)23-18(15)22(21-11)12-6-3-2-4-7-12/h2-9,16H,20H2,1H3/t16-/m0/s1. The summed E-state index contributed by atoms with van der Waals surface area (Å²) >= 11 is 1.59. The zero-order valence-corrected chi connectivity index (χ0v) is 13.7. The van der Waals surface area contributed by atoms with E-state index in [-0.39, 0.29) is 11.8 Å². The molecular weight excluding hydrogens is 320 g/mol. The van der Waals surface area contributed by atoms with Crippen molar-refractivity contribution in [2.75, 3.05) is 0 Å². The molecular formula is C18H14N4OS. The Balaban J connectivity index is 1.97. The van der Waals surface area contributed by atoms with Crippen molar-refractivity contribution in [3.05, 3.63) is 75.4 Å². The number of benzene rings is 1. The molecule has 0 bridgehead atoms. The van der Waals surface area contributed by atoms with E-state index in [1.54, 1.807) is 16.0 Å². The summed E-state index contributed by atoms with van der Waals surface area (Å²) in [6.07, 6.45) is 0. The fourth-order valence-corrected chi connectivity index (χ4v) is 3.84. The van der Waals surface area contributed by atoms with Gasteiger partial charge in [-0.15, -0.1) is 11.3 Å². The number of fused-ring (bicyclic) bond motifs is 1. The molecule has 2 N–H and O–H groups in total. The zero-order chi connectivity index (χ0) is 16.7. The number of allylic oxidation sites excluding steroid dienone is 1. The van der Waals surface area contributed by atoms with Crippen molar-refractivity contribution in [2.24, 2.45) is 5.73 Å². The van der Waals surface area contributed by atoms with E-state index in [4.69, 9.17) is 10.5 Å². The van der Waals surface area contributed by atoms with E-state index in [0.29, 0.717) is 11.5 Å². The van der Waals surface area contributed by atoms with Crippen LogP contribution in [0.3, 0.4) is 0 Å². The van der Waals surface area contributed by atoms with E-state index in [1.165, 1.54) is 0 Å². The number of hydrogen-bond acceptors (Lipinski definition) is 5. The van der Waals surface area contributed by atoms with Crippen molar-refractivity contribution in [2.45, 2.75) is 12.8 Å². The summed E-state index contributed by atoms with van der Waals surface area (Å²) in [5.41, 5.74) is 9.10. The lowest BCUT2D eigenvalue weighted by Gasteiger charge is -2.23. The van der Waals surface area contributed by atoms with Crippen molar-refractivity contribution < 1.29 is 4.74 Å². The Labute approximate surface area is 143 Å². The van der Waals surface area contributed by atoms with E-state index >= 15 is 0 Å². The number of thiophene rings is 1. The van der Waals surface area contributed by atoms with Crippen LogP contribution in [0.25, 0.3) is 5.69 Å². The Bertz CT molecular complexity index is 965. The van der Waals surface area contributed by atoms with Crippen molar-refractivity contribution in [1.29, 1.82) is 5.26 Å². The van der Waals surface area contributed by atoms with Gasteiger partial charge >= 0.3 is 0 Å². The van der Waals surface area contributed by atoms with E-state index < -0.39 is 0 Å². The molecule has 0 saturated carbocycles. The first-order chi connectivity index (χ1) is 11.7. The third-order valence-corrected chi connectivity index (χ3v) is 5.00. The van der Waals surface area contributed by atoms with Gasteiger partial charge < -0.3 is 10.5 Å². The normalized spacial score (nSPS) is 16.4. The average Bonchev–Trinajstić information content (AvgIpc) is 3.23. The molecule has 0 aliphatic carbocycles. The molecule has 0 unspecified atom stereocenters. The highest BCUT2D eigenvalue weighted by Crippen LogP contribution is 2.45. The second-order valence-electron chi connectivity index (χ2n) is 5.49. The van der Waals surface area contributed by atoms with Crippen LogP contribution in [0.5, 0.6) is 5.88 Å². The number of nitrogens with zero attached hydrogens (tertiary/aromatic N) is 3. The van der Waals surface area contributed by atoms with E-state index in [1.807, 2.05) is 54.8 Å². The van der Waals surface area contributed by atoms with Crippen LogP contribution in [-0.4, -0.2) is 9.78 Å². The van der Waals surface area contributed by atoms with E-state index in [2.05, 4.69) is 11.2 Å². The highest BCUT2D eigenvalue weighted by molar-refractivity contribution is 7.10. The second kappa shape index (κ2) is 5.55. The van der Waals surface area contributed by atoms with Gasteiger partial charge in [-0.3, -0.25) is 0 Å². The van der Waals surface area contributed by atoms with Crippen molar-refractivity contribution in [1.82, 2.24) is 9.78 Å². The van der Waals surface area contributed by atoms with Gasteiger partial charge in [0.15, 0.2) is 0 Å². The maximum atomic E-state index is 9.58. The largest absolute Gasteiger partial charge is 0.422 e. The van der Waals surface area contributed by atoms with Crippen molar-refractivity contribution >= 4 is 11.3 Å². The Morgan fingerprint density at radius 1 is 1.25 bits per heavy atom. The number of hydrogen-bond donors (Lipinski definition) is 1. The lowest BCUT2D eigenvalue weighted by Crippen LogP contribution is -2.21. The molecule has 0 saturated heterocycles. The minimum Gasteiger partial charge on any atom is -0.422 e. The van der Waals surface area contributed by atoms with Gasteiger partial charge in [-0.1, -0.05) is 24.3 Å². The maximum absolute atomic E-state index is 9.58. The molecule has 0 fully saturated rings. The number of rotatable bonds is 2. The number of ether oxygens (including phenoxy) is 1. The Kier molecular flexibility index (Phi) is 3.36. The molecule has 3 heterocycles. The molecule has 118 valence electrons. The summed E-state index contributed by atoms with van der Waals surface area (Å²) in [6, 6.07) is 15.9. The molecule has 1 atom stereocenters. The molecule has 0 spiro atoms. The van der Waals surface area contributed by atoms with Gasteiger partial charge in [0.2, 0.25) is 11.8 Å². The highest BCUT2D eigenvalue weighted by Gasteiger charge is 2.36. The third-order valence-electron chi connectivity index (χ3n) is 4.06. The van der Waals surface area contributed by atoms with Gasteiger partial charge in [0.1, 0.15) is 11.6 Å². The Hall–Kier alpha value is -3.04. The van der Waals surface area contributed by atoms with Gasteiger partial charge in [-0.2, -0.15) is 10.4 Å². The smallest absolute Gasteiger partial charge is 0.229 e. The summed E-state index contributed by atoms with van der Waals surface area (Å²) in [7, 11) is 0. The summed E-state index contributed by atoms with van der Waals surface area (Å²) in [4.78, 5) is 1.05.